The Bertz CT molecular complexity index is 580. The van der Waals surface area contributed by atoms with Gasteiger partial charge in [-0.1, -0.05) is 37.1 Å². The lowest BCUT2D eigenvalue weighted by Crippen LogP contribution is -2.41. The highest BCUT2D eigenvalue weighted by molar-refractivity contribution is 5.81. The van der Waals surface area contributed by atoms with E-state index in [1.807, 2.05) is 7.05 Å². The van der Waals surface area contributed by atoms with Gasteiger partial charge in [0.05, 0.1) is 0 Å². The zero-order chi connectivity index (χ0) is 15.8. The molecule has 1 heterocycles. The van der Waals surface area contributed by atoms with Crippen LogP contribution in [0.15, 0.2) is 29.3 Å². The predicted molar refractivity (Wildman–Crippen MR) is 95.8 cm³/mol. The number of nitrogens with zero attached hydrogens (tertiary/aromatic N) is 2. The molecule has 2 aliphatic carbocycles. The number of rotatable bonds is 2. The van der Waals surface area contributed by atoms with Crippen LogP contribution in [0.25, 0.3) is 0 Å². The van der Waals surface area contributed by atoms with Gasteiger partial charge in [-0.3, -0.25) is 4.99 Å². The molecule has 1 aromatic carbocycles. The molecule has 2 saturated carbocycles. The summed E-state index contributed by atoms with van der Waals surface area (Å²) in [5, 5.41) is 3.74. The van der Waals surface area contributed by atoms with Crippen molar-refractivity contribution in [3.8, 4) is 0 Å². The van der Waals surface area contributed by atoms with Crippen molar-refractivity contribution in [2.45, 2.75) is 51.0 Å². The predicted octanol–water partition coefficient (Wildman–Crippen LogP) is 3.55. The SMILES string of the molecule is CN=C(NC1CC1c1ccccc1C)N1CC2CCCCC2C1. The third-order valence-corrected chi connectivity index (χ3v) is 6.18. The third kappa shape index (κ3) is 2.98. The molecule has 1 saturated heterocycles. The van der Waals surface area contributed by atoms with Crippen LogP contribution in [0.1, 0.15) is 49.1 Å². The molecule has 4 atom stereocenters. The molecule has 124 valence electrons. The molecule has 0 aromatic heterocycles. The van der Waals surface area contributed by atoms with Crippen LogP contribution in [0.2, 0.25) is 0 Å². The quantitative estimate of drug-likeness (QED) is 0.668. The number of hydrogen-bond acceptors (Lipinski definition) is 1. The Hall–Kier alpha value is -1.51. The number of aryl methyl sites for hydroxylation is 1. The molecule has 1 N–H and O–H groups in total. The average Bonchev–Trinajstić information content (AvgIpc) is 3.19. The molecule has 4 rings (SSSR count). The summed E-state index contributed by atoms with van der Waals surface area (Å²) < 4.78 is 0. The molecule has 1 aromatic rings. The van der Waals surface area contributed by atoms with E-state index in [-0.39, 0.29) is 0 Å². The highest BCUT2D eigenvalue weighted by atomic mass is 15.3. The number of hydrogen-bond donors (Lipinski definition) is 1. The Kier molecular flexibility index (Phi) is 4.04. The minimum Gasteiger partial charge on any atom is -0.353 e. The molecule has 0 amide bonds. The molecule has 1 aliphatic heterocycles. The maximum absolute atomic E-state index is 4.59. The zero-order valence-corrected chi connectivity index (χ0v) is 14.5. The fourth-order valence-corrected chi connectivity index (χ4v) is 4.74. The van der Waals surface area contributed by atoms with E-state index in [0.29, 0.717) is 12.0 Å². The fraction of sp³-hybridized carbons (Fsp3) is 0.650. The highest BCUT2D eigenvalue weighted by Gasteiger charge is 2.42. The monoisotopic (exact) mass is 311 g/mol. The molecule has 0 bridgehead atoms. The standard InChI is InChI=1S/C20H29N3/c1-14-7-3-6-10-17(14)18-11-19(18)22-20(21-2)23-12-15-8-4-5-9-16(15)13-23/h3,6-7,10,15-16,18-19H,4-5,8-9,11-13H2,1-2H3,(H,21,22). The summed E-state index contributed by atoms with van der Waals surface area (Å²) in [4.78, 5) is 7.11. The summed E-state index contributed by atoms with van der Waals surface area (Å²) in [6, 6.07) is 9.38. The van der Waals surface area contributed by atoms with Crippen molar-refractivity contribution in [1.82, 2.24) is 10.2 Å². The topological polar surface area (TPSA) is 27.6 Å². The lowest BCUT2D eigenvalue weighted by molar-refractivity contribution is 0.299. The first-order valence-electron chi connectivity index (χ1n) is 9.30. The Morgan fingerprint density at radius 3 is 2.48 bits per heavy atom. The third-order valence-electron chi connectivity index (χ3n) is 6.18. The van der Waals surface area contributed by atoms with E-state index in [1.54, 1.807) is 0 Å². The number of likely N-dealkylation sites (tertiary alicyclic amines) is 1. The van der Waals surface area contributed by atoms with E-state index in [4.69, 9.17) is 0 Å². The van der Waals surface area contributed by atoms with Gasteiger partial charge in [-0.15, -0.1) is 0 Å². The Morgan fingerprint density at radius 2 is 1.83 bits per heavy atom. The van der Waals surface area contributed by atoms with Crippen LogP contribution in [-0.2, 0) is 0 Å². The Morgan fingerprint density at radius 1 is 1.13 bits per heavy atom. The Balaban J connectivity index is 1.38. The van der Waals surface area contributed by atoms with Crippen LogP contribution in [0.4, 0.5) is 0 Å². The van der Waals surface area contributed by atoms with Crippen molar-refractivity contribution in [2.75, 3.05) is 20.1 Å². The number of benzene rings is 1. The number of guanidine groups is 1. The van der Waals surface area contributed by atoms with Gasteiger partial charge in [-0.05, 0) is 49.1 Å². The van der Waals surface area contributed by atoms with Gasteiger partial charge in [0.2, 0.25) is 0 Å². The summed E-state index contributed by atoms with van der Waals surface area (Å²) in [7, 11) is 1.94. The van der Waals surface area contributed by atoms with E-state index in [2.05, 4.69) is 46.4 Å². The van der Waals surface area contributed by atoms with E-state index in [0.717, 1.165) is 17.8 Å². The largest absolute Gasteiger partial charge is 0.353 e. The second-order valence-corrected chi connectivity index (χ2v) is 7.71. The van der Waals surface area contributed by atoms with Gasteiger partial charge in [0.15, 0.2) is 5.96 Å². The number of aliphatic imine (C=N–C) groups is 1. The van der Waals surface area contributed by atoms with E-state index >= 15 is 0 Å². The second-order valence-electron chi connectivity index (χ2n) is 7.71. The van der Waals surface area contributed by atoms with Crippen molar-refractivity contribution in [3.05, 3.63) is 35.4 Å². The summed E-state index contributed by atoms with van der Waals surface area (Å²) in [5.41, 5.74) is 2.93. The van der Waals surface area contributed by atoms with E-state index in [1.165, 1.54) is 56.3 Å². The smallest absolute Gasteiger partial charge is 0.193 e. The number of fused-ring (bicyclic) bond motifs is 1. The highest BCUT2D eigenvalue weighted by Crippen LogP contribution is 2.42. The van der Waals surface area contributed by atoms with Gasteiger partial charge in [0.25, 0.3) is 0 Å². The molecular formula is C20H29N3. The van der Waals surface area contributed by atoms with Crippen molar-refractivity contribution in [2.24, 2.45) is 16.8 Å². The van der Waals surface area contributed by atoms with Crippen LogP contribution < -0.4 is 5.32 Å². The van der Waals surface area contributed by atoms with Crippen LogP contribution in [0.5, 0.6) is 0 Å². The molecule has 0 spiro atoms. The van der Waals surface area contributed by atoms with Gasteiger partial charge in [0.1, 0.15) is 0 Å². The minimum absolute atomic E-state index is 0.567. The van der Waals surface area contributed by atoms with Gasteiger partial charge in [-0.2, -0.15) is 0 Å². The molecule has 4 unspecified atom stereocenters. The zero-order valence-electron chi connectivity index (χ0n) is 14.5. The van der Waals surface area contributed by atoms with Crippen molar-refractivity contribution in [1.29, 1.82) is 0 Å². The van der Waals surface area contributed by atoms with E-state index < -0.39 is 0 Å². The van der Waals surface area contributed by atoms with Gasteiger partial charge < -0.3 is 10.2 Å². The van der Waals surface area contributed by atoms with Crippen LogP contribution in [0.3, 0.4) is 0 Å². The second kappa shape index (κ2) is 6.18. The van der Waals surface area contributed by atoms with Crippen LogP contribution >= 0.6 is 0 Å². The lowest BCUT2D eigenvalue weighted by Gasteiger charge is -2.22. The van der Waals surface area contributed by atoms with Crippen LogP contribution in [0, 0.1) is 18.8 Å². The molecular weight excluding hydrogens is 282 g/mol. The Labute approximate surface area is 140 Å². The average molecular weight is 311 g/mol. The van der Waals surface area contributed by atoms with Crippen LogP contribution in [-0.4, -0.2) is 37.0 Å². The van der Waals surface area contributed by atoms with Gasteiger partial charge in [-0.25, -0.2) is 0 Å². The van der Waals surface area contributed by atoms with Crippen molar-refractivity contribution >= 4 is 5.96 Å². The van der Waals surface area contributed by atoms with E-state index in [9.17, 15) is 0 Å². The molecule has 3 aliphatic rings. The molecule has 3 fully saturated rings. The van der Waals surface area contributed by atoms with Gasteiger partial charge in [0, 0.05) is 32.1 Å². The number of nitrogens with one attached hydrogen (secondary N) is 1. The molecule has 0 radical (unpaired) electrons. The van der Waals surface area contributed by atoms with Crippen molar-refractivity contribution < 1.29 is 0 Å². The minimum atomic E-state index is 0.567. The first kappa shape index (κ1) is 15.0. The normalized spacial score (nSPS) is 33.5. The summed E-state index contributed by atoms with van der Waals surface area (Å²) in [5.74, 6) is 3.63. The summed E-state index contributed by atoms with van der Waals surface area (Å²) in [6.45, 7) is 4.66. The van der Waals surface area contributed by atoms with Crippen molar-refractivity contribution in [3.63, 3.8) is 0 Å². The maximum atomic E-state index is 4.59. The van der Waals surface area contributed by atoms with Gasteiger partial charge >= 0.3 is 0 Å². The maximum Gasteiger partial charge on any atom is 0.193 e. The fourth-order valence-electron chi connectivity index (χ4n) is 4.74. The first-order valence-corrected chi connectivity index (χ1v) is 9.30. The lowest BCUT2D eigenvalue weighted by atomic mass is 9.82. The summed E-state index contributed by atoms with van der Waals surface area (Å²) >= 11 is 0. The first-order chi connectivity index (χ1) is 11.3. The molecule has 3 nitrogen and oxygen atoms in total. The molecule has 3 heteroatoms. The summed E-state index contributed by atoms with van der Waals surface area (Å²) in [6.07, 6.45) is 6.95. The molecule has 23 heavy (non-hydrogen) atoms.